The maximum Gasteiger partial charge on any atom is 0.165 e. The van der Waals surface area contributed by atoms with Crippen molar-refractivity contribution in [2.45, 2.75) is 0 Å². The number of methoxy groups -OCH3 is 1. The highest BCUT2D eigenvalue weighted by atomic mass is 19.1. The topological polar surface area (TPSA) is 44.5 Å². The van der Waals surface area contributed by atoms with E-state index >= 15 is 0 Å². The Bertz CT molecular complexity index is 529. The minimum Gasteiger partial charge on any atom is -0.497 e. The Morgan fingerprint density at radius 1 is 1.06 bits per heavy atom. The second kappa shape index (κ2) is 4.74. The summed E-state index contributed by atoms with van der Waals surface area (Å²) in [5.41, 5.74) is 6.16. The molecule has 4 heteroatoms. The minimum atomic E-state index is -0.435. The Morgan fingerprint density at radius 3 is 2.53 bits per heavy atom. The number of nitrogen functional groups attached to an aromatic ring is 1. The number of ether oxygens (including phenoxy) is 2. The number of hydrogen-bond donors (Lipinski definition) is 1. The number of anilines is 1. The number of hydrogen-bond acceptors (Lipinski definition) is 3. The third kappa shape index (κ3) is 2.47. The third-order valence-corrected chi connectivity index (χ3v) is 2.28. The lowest BCUT2D eigenvalue weighted by Crippen LogP contribution is -1.94. The summed E-state index contributed by atoms with van der Waals surface area (Å²) < 4.78 is 23.8. The van der Waals surface area contributed by atoms with E-state index in [0.717, 1.165) is 0 Å². The van der Waals surface area contributed by atoms with Gasteiger partial charge in [-0.05, 0) is 24.3 Å². The van der Waals surface area contributed by atoms with Gasteiger partial charge in [-0.3, -0.25) is 0 Å². The average Bonchev–Trinajstić information content (AvgIpc) is 2.35. The number of para-hydroxylation sites is 1. The molecule has 0 fully saturated rings. The Kier molecular flexibility index (Phi) is 3.14. The molecule has 0 aliphatic carbocycles. The van der Waals surface area contributed by atoms with Gasteiger partial charge < -0.3 is 15.2 Å². The van der Waals surface area contributed by atoms with Crippen molar-refractivity contribution in [2.24, 2.45) is 0 Å². The quantitative estimate of drug-likeness (QED) is 0.828. The molecule has 0 aliphatic heterocycles. The summed E-state index contributed by atoms with van der Waals surface area (Å²) in [4.78, 5) is 0. The van der Waals surface area contributed by atoms with Crippen LogP contribution in [0.4, 0.5) is 10.1 Å². The molecule has 2 rings (SSSR count). The molecule has 0 atom stereocenters. The van der Waals surface area contributed by atoms with Crippen molar-refractivity contribution < 1.29 is 13.9 Å². The van der Waals surface area contributed by atoms with Gasteiger partial charge >= 0.3 is 0 Å². The van der Waals surface area contributed by atoms with Crippen molar-refractivity contribution in [3.05, 3.63) is 48.3 Å². The van der Waals surface area contributed by atoms with E-state index in [-0.39, 0.29) is 5.75 Å². The van der Waals surface area contributed by atoms with Crippen molar-refractivity contribution in [1.29, 1.82) is 0 Å². The lowest BCUT2D eigenvalue weighted by atomic mass is 10.2. The average molecular weight is 233 g/mol. The van der Waals surface area contributed by atoms with Gasteiger partial charge in [-0.15, -0.1) is 0 Å². The van der Waals surface area contributed by atoms with E-state index < -0.39 is 5.82 Å². The number of rotatable bonds is 3. The van der Waals surface area contributed by atoms with Crippen LogP contribution >= 0.6 is 0 Å². The molecule has 3 nitrogen and oxygen atoms in total. The van der Waals surface area contributed by atoms with Gasteiger partial charge in [0.2, 0.25) is 0 Å². The molecule has 17 heavy (non-hydrogen) atoms. The van der Waals surface area contributed by atoms with Gasteiger partial charge in [-0.1, -0.05) is 12.1 Å². The zero-order valence-corrected chi connectivity index (χ0v) is 9.31. The first-order valence-electron chi connectivity index (χ1n) is 5.06. The molecule has 0 saturated heterocycles. The summed E-state index contributed by atoms with van der Waals surface area (Å²) in [6, 6.07) is 11.1. The molecular weight excluding hydrogens is 221 g/mol. The highest BCUT2D eigenvalue weighted by Gasteiger charge is 2.07. The van der Waals surface area contributed by atoms with Crippen LogP contribution in [0.25, 0.3) is 0 Å². The maximum atomic E-state index is 13.4. The Hall–Kier alpha value is -2.23. The van der Waals surface area contributed by atoms with Gasteiger partial charge in [0, 0.05) is 6.07 Å². The molecule has 2 aromatic rings. The smallest absolute Gasteiger partial charge is 0.165 e. The molecule has 2 N–H and O–H groups in total. The first-order valence-corrected chi connectivity index (χ1v) is 5.06. The van der Waals surface area contributed by atoms with E-state index in [1.54, 1.807) is 37.4 Å². The van der Waals surface area contributed by atoms with E-state index in [1.165, 1.54) is 12.1 Å². The van der Waals surface area contributed by atoms with Gasteiger partial charge in [0.15, 0.2) is 17.3 Å². The van der Waals surface area contributed by atoms with Gasteiger partial charge in [-0.2, -0.15) is 0 Å². The van der Waals surface area contributed by atoms with Crippen LogP contribution in [0.5, 0.6) is 17.2 Å². The Labute approximate surface area is 98.6 Å². The Balaban J connectivity index is 2.32. The van der Waals surface area contributed by atoms with Crippen LogP contribution in [-0.2, 0) is 0 Å². The van der Waals surface area contributed by atoms with Crippen LogP contribution in [0.3, 0.4) is 0 Å². The fourth-order valence-corrected chi connectivity index (χ4v) is 1.38. The van der Waals surface area contributed by atoms with Crippen LogP contribution in [0, 0.1) is 5.82 Å². The fourth-order valence-electron chi connectivity index (χ4n) is 1.38. The summed E-state index contributed by atoms with van der Waals surface area (Å²) in [6.07, 6.45) is 0. The van der Waals surface area contributed by atoms with Crippen molar-refractivity contribution >= 4 is 5.69 Å². The molecule has 2 aromatic carbocycles. The van der Waals surface area contributed by atoms with E-state index in [9.17, 15) is 4.39 Å². The van der Waals surface area contributed by atoms with Crippen LogP contribution in [0.2, 0.25) is 0 Å². The summed E-state index contributed by atoms with van der Waals surface area (Å²) in [7, 11) is 1.54. The molecule has 0 radical (unpaired) electrons. The molecule has 0 spiro atoms. The standard InChI is InChI=1S/C13H12FNO2/c1-16-9-6-7-11(15)13(8-9)17-12-5-3-2-4-10(12)14/h2-8H,15H2,1H3. The highest BCUT2D eigenvalue weighted by Crippen LogP contribution is 2.32. The predicted octanol–water partition coefficient (Wildman–Crippen LogP) is 3.21. The summed E-state index contributed by atoms with van der Waals surface area (Å²) in [6.45, 7) is 0. The van der Waals surface area contributed by atoms with E-state index in [0.29, 0.717) is 17.2 Å². The van der Waals surface area contributed by atoms with Gasteiger partial charge in [-0.25, -0.2) is 4.39 Å². The van der Waals surface area contributed by atoms with Crippen LogP contribution in [-0.4, -0.2) is 7.11 Å². The molecule has 0 aliphatic rings. The second-order valence-corrected chi connectivity index (χ2v) is 3.44. The van der Waals surface area contributed by atoms with E-state index in [1.807, 2.05) is 0 Å². The SMILES string of the molecule is COc1ccc(N)c(Oc2ccccc2F)c1. The fraction of sp³-hybridized carbons (Fsp3) is 0.0769. The number of nitrogens with two attached hydrogens (primary N) is 1. The highest BCUT2D eigenvalue weighted by molar-refractivity contribution is 5.57. The predicted molar refractivity (Wildman–Crippen MR) is 63.9 cm³/mol. The molecule has 0 bridgehead atoms. The Morgan fingerprint density at radius 2 is 1.82 bits per heavy atom. The lowest BCUT2D eigenvalue weighted by Gasteiger charge is -2.10. The maximum absolute atomic E-state index is 13.4. The molecule has 0 saturated carbocycles. The molecule has 0 unspecified atom stereocenters. The molecule has 0 aromatic heterocycles. The van der Waals surface area contributed by atoms with E-state index in [2.05, 4.69) is 0 Å². The first kappa shape index (κ1) is 11.3. The molecule has 0 heterocycles. The van der Waals surface area contributed by atoms with Gasteiger partial charge in [0.25, 0.3) is 0 Å². The molecular formula is C13H12FNO2. The largest absolute Gasteiger partial charge is 0.497 e. The first-order chi connectivity index (χ1) is 8.20. The van der Waals surface area contributed by atoms with E-state index in [4.69, 9.17) is 15.2 Å². The monoisotopic (exact) mass is 233 g/mol. The zero-order chi connectivity index (χ0) is 12.3. The number of benzene rings is 2. The lowest BCUT2D eigenvalue weighted by molar-refractivity contribution is 0.406. The van der Waals surface area contributed by atoms with Crippen LogP contribution in [0.15, 0.2) is 42.5 Å². The van der Waals surface area contributed by atoms with Crippen molar-refractivity contribution in [3.63, 3.8) is 0 Å². The van der Waals surface area contributed by atoms with Gasteiger partial charge in [0.1, 0.15) is 5.75 Å². The molecule has 88 valence electrons. The number of halogens is 1. The minimum absolute atomic E-state index is 0.132. The van der Waals surface area contributed by atoms with Crippen molar-refractivity contribution in [3.8, 4) is 17.2 Å². The van der Waals surface area contributed by atoms with Crippen LogP contribution in [0.1, 0.15) is 0 Å². The summed E-state index contributed by atoms with van der Waals surface area (Å²) in [5.74, 6) is 0.669. The zero-order valence-electron chi connectivity index (χ0n) is 9.31. The summed E-state index contributed by atoms with van der Waals surface area (Å²) >= 11 is 0. The van der Waals surface area contributed by atoms with Crippen LogP contribution < -0.4 is 15.2 Å². The second-order valence-electron chi connectivity index (χ2n) is 3.44. The third-order valence-electron chi connectivity index (χ3n) is 2.28. The van der Waals surface area contributed by atoms with Crippen molar-refractivity contribution in [1.82, 2.24) is 0 Å². The van der Waals surface area contributed by atoms with Gasteiger partial charge in [0.05, 0.1) is 12.8 Å². The normalized spacial score (nSPS) is 10.0. The molecule has 0 amide bonds. The van der Waals surface area contributed by atoms with Crippen molar-refractivity contribution in [2.75, 3.05) is 12.8 Å². The summed E-state index contributed by atoms with van der Waals surface area (Å²) in [5, 5.41) is 0.